The van der Waals surface area contributed by atoms with Crippen LogP contribution in [0.25, 0.3) is 11.1 Å². The number of nitrogens with zero attached hydrogens (tertiary/aromatic N) is 2. The summed E-state index contributed by atoms with van der Waals surface area (Å²) in [4.78, 5) is 19.4. The number of benzene rings is 1. The Balaban J connectivity index is 2.01. The lowest BCUT2D eigenvalue weighted by Crippen LogP contribution is -2.06. The Morgan fingerprint density at radius 2 is 2.04 bits per heavy atom. The van der Waals surface area contributed by atoms with Crippen molar-refractivity contribution in [2.75, 3.05) is 5.32 Å². The molecule has 0 unspecified atom stereocenters. The molecule has 25 heavy (non-hydrogen) atoms. The third-order valence-electron chi connectivity index (χ3n) is 3.67. The largest absolute Gasteiger partial charge is 0.505 e. The minimum Gasteiger partial charge on any atom is -0.505 e. The average molecular weight is 337 g/mol. The van der Waals surface area contributed by atoms with Gasteiger partial charge in [-0.2, -0.15) is 0 Å². The molecule has 5 nitrogen and oxygen atoms in total. The quantitative estimate of drug-likeness (QED) is 0.763. The van der Waals surface area contributed by atoms with Gasteiger partial charge in [0.1, 0.15) is 11.6 Å². The molecule has 1 amide bonds. The van der Waals surface area contributed by atoms with Crippen molar-refractivity contribution in [3.63, 3.8) is 0 Å². The third-order valence-corrected chi connectivity index (χ3v) is 3.67. The van der Waals surface area contributed by atoms with Crippen LogP contribution in [0.1, 0.15) is 18.2 Å². The second kappa shape index (κ2) is 7.09. The molecule has 2 heterocycles. The molecular formula is C19H16FN3O2. The zero-order chi connectivity index (χ0) is 17.8. The SMILES string of the molecule is CC(=O)Nc1ccc(F)c(-c2ccnc(Cc3cccnc3)c2O)c1. The van der Waals surface area contributed by atoms with Crippen LogP contribution < -0.4 is 5.32 Å². The van der Waals surface area contributed by atoms with E-state index in [-0.39, 0.29) is 17.2 Å². The second-order valence-corrected chi connectivity index (χ2v) is 5.57. The highest BCUT2D eigenvalue weighted by molar-refractivity contribution is 5.89. The summed E-state index contributed by atoms with van der Waals surface area (Å²) in [7, 11) is 0. The van der Waals surface area contributed by atoms with E-state index in [1.807, 2.05) is 6.07 Å². The Bertz CT molecular complexity index is 914. The molecule has 6 heteroatoms. The zero-order valence-corrected chi connectivity index (χ0v) is 13.5. The van der Waals surface area contributed by atoms with E-state index in [0.717, 1.165) is 5.56 Å². The van der Waals surface area contributed by atoms with Gasteiger partial charge in [-0.25, -0.2) is 4.39 Å². The number of carbonyl (C=O) groups excluding carboxylic acids is 1. The average Bonchev–Trinajstić information content (AvgIpc) is 2.59. The summed E-state index contributed by atoms with van der Waals surface area (Å²) in [6, 6.07) is 9.42. The van der Waals surface area contributed by atoms with Gasteiger partial charge in [-0.15, -0.1) is 0 Å². The molecule has 126 valence electrons. The molecule has 2 N–H and O–H groups in total. The van der Waals surface area contributed by atoms with Crippen LogP contribution in [-0.4, -0.2) is 21.0 Å². The van der Waals surface area contributed by atoms with Gasteiger partial charge in [0.25, 0.3) is 0 Å². The van der Waals surface area contributed by atoms with Crippen molar-refractivity contribution < 1.29 is 14.3 Å². The molecule has 3 rings (SSSR count). The van der Waals surface area contributed by atoms with Gasteiger partial charge in [-0.3, -0.25) is 14.8 Å². The number of aromatic nitrogens is 2. The van der Waals surface area contributed by atoms with Crippen molar-refractivity contribution in [3.8, 4) is 16.9 Å². The molecule has 0 aliphatic heterocycles. The molecule has 0 aliphatic carbocycles. The van der Waals surface area contributed by atoms with Crippen LogP contribution in [0.5, 0.6) is 5.75 Å². The molecule has 0 radical (unpaired) electrons. The minimum absolute atomic E-state index is 0.0924. The van der Waals surface area contributed by atoms with Gasteiger partial charge in [-0.1, -0.05) is 6.07 Å². The number of halogens is 1. The van der Waals surface area contributed by atoms with E-state index in [1.165, 1.54) is 37.4 Å². The van der Waals surface area contributed by atoms with Crippen LogP contribution >= 0.6 is 0 Å². The lowest BCUT2D eigenvalue weighted by molar-refractivity contribution is -0.114. The summed E-state index contributed by atoms with van der Waals surface area (Å²) < 4.78 is 14.3. The van der Waals surface area contributed by atoms with E-state index in [2.05, 4.69) is 15.3 Å². The van der Waals surface area contributed by atoms with Crippen LogP contribution in [-0.2, 0) is 11.2 Å². The monoisotopic (exact) mass is 337 g/mol. The minimum atomic E-state index is -0.497. The Morgan fingerprint density at radius 1 is 1.20 bits per heavy atom. The fraction of sp³-hybridized carbons (Fsp3) is 0.105. The number of pyridine rings is 2. The molecule has 0 aliphatic rings. The van der Waals surface area contributed by atoms with E-state index in [0.29, 0.717) is 23.4 Å². The number of rotatable bonds is 4. The Kier molecular flexibility index (Phi) is 4.70. The van der Waals surface area contributed by atoms with Gasteiger partial charge in [0, 0.05) is 48.7 Å². The Labute approximate surface area is 144 Å². The number of nitrogens with one attached hydrogen (secondary N) is 1. The summed E-state index contributed by atoms with van der Waals surface area (Å²) in [5.74, 6) is -0.845. The molecule has 0 bridgehead atoms. The number of carbonyl (C=O) groups is 1. The van der Waals surface area contributed by atoms with Crippen LogP contribution in [0.3, 0.4) is 0 Å². The standard InChI is InChI=1S/C19H16FN3O2/c1-12(24)23-14-4-5-17(20)16(10-14)15-6-8-22-18(19(15)25)9-13-3-2-7-21-11-13/h2-8,10-11,25H,9H2,1H3,(H,23,24). The lowest BCUT2D eigenvalue weighted by Gasteiger charge is -2.11. The topological polar surface area (TPSA) is 75.1 Å². The summed E-state index contributed by atoms with van der Waals surface area (Å²) >= 11 is 0. The second-order valence-electron chi connectivity index (χ2n) is 5.57. The van der Waals surface area contributed by atoms with E-state index >= 15 is 0 Å². The summed E-state index contributed by atoms with van der Waals surface area (Å²) in [6.07, 6.45) is 5.24. The Morgan fingerprint density at radius 3 is 2.76 bits per heavy atom. The highest BCUT2D eigenvalue weighted by atomic mass is 19.1. The Hall–Kier alpha value is -3.28. The smallest absolute Gasteiger partial charge is 0.221 e. The summed E-state index contributed by atoms with van der Waals surface area (Å²) in [5.41, 5.74) is 2.27. The molecule has 2 aromatic heterocycles. The van der Waals surface area contributed by atoms with Gasteiger partial charge >= 0.3 is 0 Å². The number of hydrogen-bond donors (Lipinski definition) is 2. The maximum Gasteiger partial charge on any atom is 0.221 e. The molecule has 0 saturated heterocycles. The molecule has 0 atom stereocenters. The van der Waals surface area contributed by atoms with Crippen molar-refractivity contribution in [1.29, 1.82) is 0 Å². The normalized spacial score (nSPS) is 10.5. The van der Waals surface area contributed by atoms with Crippen molar-refractivity contribution >= 4 is 11.6 Å². The molecule has 0 saturated carbocycles. The van der Waals surface area contributed by atoms with Crippen LogP contribution in [0.15, 0.2) is 55.0 Å². The number of amides is 1. The number of aromatic hydroxyl groups is 1. The van der Waals surface area contributed by atoms with E-state index in [1.54, 1.807) is 18.5 Å². The van der Waals surface area contributed by atoms with Gasteiger partial charge in [0.15, 0.2) is 0 Å². The first-order chi connectivity index (χ1) is 12.0. The van der Waals surface area contributed by atoms with Crippen molar-refractivity contribution in [2.45, 2.75) is 13.3 Å². The zero-order valence-electron chi connectivity index (χ0n) is 13.5. The van der Waals surface area contributed by atoms with Crippen molar-refractivity contribution in [1.82, 2.24) is 9.97 Å². The highest BCUT2D eigenvalue weighted by Crippen LogP contribution is 2.35. The molecule has 0 spiro atoms. The van der Waals surface area contributed by atoms with E-state index in [9.17, 15) is 14.3 Å². The van der Waals surface area contributed by atoms with Gasteiger partial charge in [-0.05, 0) is 35.9 Å². The fourth-order valence-electron chi connectivity index (χ4n) is 2.55. The predicted octanol–water partition coefficient (Wildman–Crippen LogP) is 3.54. The summed E-state index contributed by atoms with van der Waals surface area (Å²) in [5, 5.41) is 13.2. The first-order valence-electron chi connectivity index (χ1n) is 7.68. The molecule has 3 aromatic rings. The number of hydrogen-bond acceptors (Lipinski definition) is 4. The van der Waals surface area contributed by atoms with Crippen molar-refractivity contribution in [2.24, 2.45) is 0 Å². The molecular weight excluding hydrogens is 321 g/mol. The molecule has 0 fully saturated rings. The number of anilines is 1. The maximum atomic E-state index is 14.3. The van der Waals surface area contributed by atoms with Gasteiger partial charge in [0.2, 0.25) is 5.91 Å². The summed E-state index contributed by atoms with van der Waals surface area (Å²) in [6.45, 7) is 1.37. The fourth-order valence-corrected chi connectivity index (χ4v) is 2.55. The van der Waals surface area contributed by atoms with E-state index < -0.39 is 5.82 Å². The third kappa shape index (κ3) is 3.80. The van der Waals surface area contributed by atoms with Crippen LogP contribution in [0, 0.1) is 5.82 Å². The highest BCUT2D eigenvalue weighted by Gasteiger charge is 2.15. The maximum absolute atomic E-state index is 14.3. The van der Waals surface area contributed by atoms with Crippen molar-refractivity contribution in [3.05, 3.63) is 72.1 Å². The first-order valence-corrected chi connectivity index (χ1v) is 7.68. The lowest BCUT2D eigenvalue weighted by atomic mass is 10.0. The first kappa shape index (κ1) is 16.6. The predicted molar refractivity (Wildman–Crippen MR) is 92.6 cm³/mol. The van der Waals surface area contributed by atoms with Crippen LogP contribution in [0.2, 0.25) is 0 Å². The van der Waals surface area contributed by atoms with Crippen LogP contribution in [0.4, 0.5) is 10.1 Å². The van der Waals surface area contributed by atoms with Gasteiger partial charge in [0.05, 0.1) is 5.69 Å². The van der Waals surface area contributed by atoms with E-state index in [4.69, 9.17) is 0 Å². The molecule has 1 aromatic carbocycles. The van der Waals surface area contributed by atoms with Gasteiger partial charge < -0.3 is 10.4 Å².